The Morgan fingerprint density at radius 1 is 0.735 bits per heavy atom. The predicted molar refractivity (Wildman–Crippen MR) is 142 cm³/mol. The van der Waals surface area contributed by atoms with Crippen molar-refractivity contribution in [3.8, 4) is 11.5 Å². The van der Waals surface area contributed by atoms with Crippen LogP contribution in [-0.4, -0.2) is 25.1 Å². The molecule has 0 aliphatic carbocycles. The van der Waals surface area contributed by atoms with E-state index in [4.69, 9.17) is 9.47 Å². The molecule has 0 radical (unpaired) electrons. The molecule has 0 spiro atoms. The molecular formula is C31H41NO2. The van der Waals surface area contributed by atoms with Gasteiger partial charge >= 0.3 is 0 Å². The highest BCUT2D eigenvalue weighted by atomic mass is 16.5. The molecule has 0 aliphatic rings. The van der Waals surface area contributed by atoms with Gasteiger partial charge in [0.15, 0.2) is 11.5 Å². The van der Waals surface area contributed by atoms with Gasteiger partial charge in [-0.1, -0.05) is 86.6 Å². The van der Waals surface area contributed by atoms with Crippen LogP contribution >= 0.6 is 0 Å². The Kier molecular flexibility index (Phi) is 11.0. The summed E-state index contributed by atoms with van der Waals surface area (Å²) in [5, 5.41) is 0. The number of para-hydroxylation sites is 1. The summed E-state index contributed by atoms with van der Waals surface area (Å²) in [7, 11) is 1.72. The summed E-state index contributed by atoms with van der Waals surface area (Å²) in [6.45, 7) is 8.24. The fourth-order valence-corrected chi connectivity index (χ4v) is 4.28. The second-order valence-electron chi connectivity index (χ2n) is 9.48. The summed E-state index contributed by atoms with van der Waals surface area (Å²) >= 11 is 0. The number of hydrogen-bond acceptors (Lipinski definition) is 3. The Morgan fingerprint density at radius 3 is 2.09 bits per heavy atom. The van der Waals surface area contributed by atoms with Crippen LogP contribution in [0.3, 0.4) is 0 Å². The summed E-state index contributed by atoms with van der Waals surface area (Å²) < 4.78 is 12.0. The highest BCUT2D eigenvalue weighted by Crippen LogP contribution is 2.33. The molecule has 0 atom stereocenters. The van der Waals surface area contributed by atoms with Crippen LogP contribution in [0.15, 0.2) is 78.9 Å². The first-order chi connectivity index (χ1) is 16.7. The number of benzene rings is 3. The number of ether oxygens (including phenoxy) is 2. The first kappa shape index (κ1) is 25.8. The molecule has 0 saturated carbocycles. The summed E-state index contributed by atoms with van der Waals surface area (Å²) in [4.78, 5) is 2.59. The standard InChI is InChI=1S/C31H41NO2/c1-26(2)14-13-23-32(22-11-10-17-27-15-6-4-7-16-27)24-29-20-12-21-30(33-3)31(29)34-25-28-18-8-5-9-19-28/h4-9,12,15-16,18-21,26H,10-11,13-14,17,22-25H2,1-3H3. The van der Waals surface area contributed by atoms with Crippen molar-refractivity contribution in [1.29, 1.82) is 0 Å². The van der Waals surface area contributed by atoms with Crippen molar-refractivity contribution in [3.05, 3.63) is 95.6 Å². The minimum atomic E-state index is 0.540. The van der Waals surface area contributed by atoms with E-state index in [0.29, 0.717) is 6.61 Å². The summed E-state index contributed by atoms with van der Waals surface area (Å²) in [6, 6.07) is 27.4. The Labute approximate surface area is 206 Å². The molecule has 3 aromatic rings. The van der Waals surface area contributed by atoms with Gasteiger partial charge in [0.1, 0.15) is 6.61 Å². The molecule has 0 amide bonds. The fraction of sp³-hybridized carbons (Fsp3) is 0.419. The third-order valence-electron chi connectivity index (χ3n) is 6.19. The number of hydrogen-bond donors (Lipinski definition) is 0. The molecule has 3 rings (SSSR count). The van der Waals surface area contributed by atoms with Crippen molar-refractivity contribution in [3.63, 3.8) is 0 Å². The van der Waals surface area contributed by atoms with E-state index in [-0.39, 0.29) is 0 Å². The molecule has 3 heteroatoms. The molecule has 0 heterocycles. The van der Waals surface area contributed by atoms with Crippen LogP contribution in [0.5, 0.6) is 11.5 Å². The maximum absolute atomic E-state index is 6.32. The van der Waals surface area contributed by atoms with Crippen LogP contribution in [0.2, 0.25) is 0 Å². The maximum atomic E-state index is 6.32. The lowest BCUT2D eigenvalue weighted by Crippen LogP contribution is -2.26. The molecule has 0 unspecified atom stereocenters. The van der Waals surface area contributed by atoms with Gasteiger partial charge in [0.05, 0.1) is 7.11 Å². The van der Waals surface area contributed by atoms with Crippen LogP contribution in [0.1, 0.15) is 56.2 Å². The van der Waals surface area contributed by atoms with E-state index in [9.17, 15) is 0 Å². The zero-order valence-electron chi connectivity index (χ0n) is 21.2. The van der Waals surface area contributed by atoms with E-state index in [1.807, 2.05) is 24.3 Å². The second-order valence-corrected chi connectivity index (χ2v) is 9.48. The second kappa shape index (κ2) is 14.5. The lowest BCUT2D eigenvalue weighted by atomic mass is 10.1. The molecule has 182 valence electrons. The highest BCUT2D eigenvalue weighted by Gasteiger charge is 2.15. The normalized spacial score (nSPS) is 11.2. The number of rotatable bonds is 15. The third kappa shape index (κ3) is 8.87. The topological polar surface area (TPSA) is 21.7 Å². The van der Waals surface area contributed by atoms with Gasteiger partial charge in [-0.25, -0.2) is 0 Å². The first-order valence-electron chi connectivity index (χ1n) is 12.7. The zero-order chi connectivity index (χ0) is 24.0. The molecule has 0 aliphatic heterocycles. The minimum Gasteiger partial charge on any atom is -0.493 e. The fourth-order valence-electron chi connectivity index (χ4n) is 4.28. The van der Waals surface area contributed by atoms with Crippen LogP contribution < -0.4 is 9.47 Å². The third-order valence-corrected chi connectivity index (χ3v) is 6.19. The van der Waals surface area contributed by atoms with Crippen LogP contribution in [0.25, 0.3) is 0 Å². The van der Waals surface area contributed by atoms with Crippen LogP contribution in [0, 0.1) is 5.92 Å². The van der Waals surface area contributed by atoms with E-state index in [1.165, 1.54) is 36.8 Å². The minimum absolute atomic E-state index is 0.540. The smallest absolute Gasteiger partial charge is 0.166 e. The molecule has 0 aromatic heterocycles. The molecule has 0 fully saturated rings. The molecule has 3 aromatic carbocycles. The zero-order valence-corrected chi connectivity index (χ0v) is 21.2. The number of aryl methyl sites for hydroxylation is 1. The van der Waals surface area contributed by atoms with Gasteiger partial charge in [0.2, 0.25) is 0 Å². The van der Waals surface area contributed by atoms with Crippen LogP contribution in [0.4, 0.5) is 0 Å². The molecule has 34 heavy (non-hydrogen) atoms. The van der Waals surface area contributed by atoms with E-state index >= 15 is 0 Å². The van der Waals surface area contributed by atoms with Crippen LogP contribution in [-0.2, 0) is 19.6 Å². The number of methoxy groups -OCH3 is 1. The molecule has 0 N–H and O–H groups in total. The van der Waals surface area contributed by atoms with E-state index in [0.717, 1.165) is 49.0 Å². The van der Waals surface area contributed by atoms with Gasteiger partial charge in [-0.2, -0.15) is 0 Å². The van der Waals surface area contributed by atoms with E-state index in [1.54, 1.807) is 7.11 Å². The van der Waals surface area contributed by atoms with E-state index < -0.39 is 0 Å². The van der Waals surface area contributed by atoms with Crippen molar-refractivity contribution in [2.45, 2.75) is 59.1 Å². The maximum Gasteiger partial charge on any atom is 0.166 e. The van der Waals surface area contributed by atoms with Crippen molar-refractivity contribution in [2.24, 2.45) is 5.92 Å². The van der Waals surface area contributed by atoms with E-state index in [2.05, 4.69) is 73.3 Å². The summed E-state index contributed by atoms with van der Waals surface area (Å²) in [5.74, 6) is 2.41. The first-order valence-corrected chi connectivity index (χ1v) is 12.7. The largest absolute Gasteiger partial charge is 0.493 e. The Bertz CT molecular complexity index is 940. The Balaban J connectivity index is 1.65. The van der Waals surface area contributed by atoms with Crippen molar-refractivity contribution in [1.82, 2.24) is 4.90 Å². The SMILES string of the molecule is COc1cccc(CN(CCCCc2ccccc2)CCCC(C)C)c1OCc1ccccc1. The van der Waals surface area contributed by atoms with Crippen molar-refractivity contribution < 1.29 is 9.47 Å². The number of nitrogens with zero attached hydrogens (tertiary/aromatic N) is 1. The van der Waals surface area contributed by atoms with Gasteiger partial charge in [0, 0.05) is 12.1 Å². The van der Waals surface area contributed by atoms with Crippen molar-refractivity contribution >= 4 is 0 Å². The quantitative estimate of drug-likeness (QED) is 0.219. The summed E-state index contributed by atoms with van der Waals surface area (Å²) in [6.07, 6.45) is 6.03. The molecule has 3 nitrogen and oxygen atoms in total. The van der Waals surface area contributed by atoms with Gasteiger partial charge < -0.3 is 9.47 Å². The van der Waals surface area contributed by atoms with Crippen molar-refractivity contribution in [2.75, 3.05) is 20.2 Å². The summed E-state index contributed by atoms with van der Waals surface area (Å²) in [5.41, 5.74) is 3.79. The van der Waals surface area contributed by atoms with Gasteiger partial charge in [0.25, 0.3) is 0 Å². The lowest BCUT2D eigenvalue weighted by molar-refractivity contribution is 0.237. The van der Waals surface area contributed by atoms with Gasteiger partial charge in [-0.3, -0.25) is 4.90 Å². The lowest BCUT2D eigenvalue weighted by Gasteiger charge is -2.25. The average Bonchev–Trinajstić information content (AvgIpc) is 2.86. The van der Waals surface area contributed by atoms with Gasteiger partial charge in [-0.05, 0) is 68.3 Å². The van der Waals surface area contributed by atoms with Gasteiger partial charge in [-0.15, -0.1) is 0 Å². The molecule has 0 saturated heterocycles. The Hall–Kier alpha value is -2.78. The predicted octanol–water partition coefficient (Wildman–Crippen LogP) is 7.54. The molecule has 0 bridgehead atoms. The Morgan fingerprint density at radius 2 is 1.41 bits per heavy atom. The molecular weight excluding hydrogens is 418 g/mol. The number of unbranched alkanes of at least 4 members (excludes halogenated alkanes) is 1. The monoisotopic (exact) mass is 459 g/mol. The average molecular weight is 460 g/mol. The highest BCUT2D eigenvalue weighted by molar-refractivity contribution is 5.46.